The van der Waals surface area contributed by atoms with E-state index in [-0.39, 0.29) is 30.4 Å². The van der Waals surface area contributed by atoms with Crippen molar-refractivity contribution < 1.29 is 9.18 Å². The van der Waals surface area contributed by atoms with Gasteiger partial charge in [0.15, 0.2) is 0 Å². The Bertz CT molecular complexity index is 883. The maximum Gasteiger partial charge on any atom is 0.234 e. The number of carbonyl (C=O) groups is 1. The zero-order chi connectivity index (χ0) is 19.8. The molecule has 3 aromatic carbocycles. The maximum absolute atomic E-state index is 13.9. The summed E-state index contributed by atoms with van der Waals surface area (Å²) in [5.41, 5.74) is 2.77. The van der Waals surface area contributed by atoms with E-state index >= 15 is 0 Å². The van der Waals surface area contributed by atoms with E-state index in [1.807, 2.05) is 55.5 Å². The minimum Gasteiger partial charge on any atom is -0.348 e. The van der Waals surface area contributed by atoms with Crippen LogP contribution in [0.1, 0.15) is 35.7 Å². The number of halogens is 1. The fraction of sp³-hybridized carbons (Fsp3) is 0.208. The summed E-state index contributed by atoms with van der Waals surface area (Å²) in [5.74, 6) is -0.387. The monoisotopic (exact) mass is 376 g/mol. The van der Waals surface area contributed by atoms with Crippen LogP contribution < -0.4 is 10.6 Å². The van der Waals surface area contributed by atoms with Gasteiger partial charge in [-0.2, -0.15) is 0 Å². The highest BCUT2D eigenvalue weighted by Crippen LogP contribution is 2.19. The van der Waals surface area contributed by atoms with Gasteiger partial charge in [-0.25, -0.2) is 4.39 Å². The van der Waals surface area contributed by atoms with Crippen molar-refractivity contribution in [2.45, 2.75) is 25.4 Å². The maximum atomic E-state index is 13.9. The third-order valence-electron chi connectivity index (χ3n) is 4.76. The van der Waals surface area contributed by atoms with Gasteiger partial charge in [0.05, 0.1) is 12.6 Å². The standard InChI is InChI=1S/C24H25FN2O/c1-18(21-14-8-9-15-22(21)25)26-17-24(28)27-23(20-12-6-3-7-13-20)16-19-10-4-2-5-11-19/h2-15,18,23,26H,16-17H2,1H3,(H,27,28). The Morgan fingerprint density at radius 3 is 2.18 bits per heavy atom. The summed E-state index contributed by atoms with van der Waals surface area (Å²) in [7, 11) is 0. The van der Waals surface area contributed by atoms with Crippen molar-refractivity contribution >= 4 is 5.91 Å². The molecule has 0 aromatic heterocycles. The van der Waals surface area contributed by atoms with Crippen LogP contribution in [0.2, 0.25) is 0 Å². The van der Waals surface area contributed by atoms with Gasteiger partial charge in [0, 0.05) is 11.6 Å². The molecule has 2 unspecified atom stereocenters. The molecule has 0 saturated carbocycles. The lowest BCUT2D eigenvalue weighted by molar-refractivity contribution is -0.121. The molecule has 144 valence electrons. The summed E-state index contributed by atoms with van der Waals surface area (Å²) in [6.45, 7) is 1.97. The normalized spacial score (nSPS) is 12.9. The van der Waals surface area contributed by atoms with Crippen molar-refractivity contribution in [2.75, 3.05) is 6.54 Å². The number of carbonyl (C=O) groups excluding carboxylic acids is 1. The highest BCUT2D eigenvalue weighted by Gasteiger charge is 2.16. The number of nitrogens with one attached hydrogen (secondary N) is 2. The molecule has 3 nitrogen and oxygen atoms in total. The molecule has 0 fully saturated rings. The van der Waals surface area contributed by atoms with E-state index in [1.165, 1.54) is 6.07 Å². The lowest BCUT2D eigenvalue weighted by Crippen LogP contribution is -2.38. The second-order valence-corrected chi connectivity index (χ2v) is 6.84. The number of benzene rings is 3. The van der Waals surface area contributed by atoms with Crippen molar-refractivity contribution in [1.82, 2.24) is 10.6 Å². The Balaban J connectivity index is 1.63. The first-order chi connectivity index (χ1) is 13.6. The number of hydrogen-bond donors (Lipinski definition) is 2. The molecule has 0 radical (unpaired) electrons. The summed E-state index contributed by atoms with van der Waals surface area (Å²) >= 11 is 0. The largest absolute Gasteiger partial charge is 0.348 e. The van der Waals surface area contributed by atoms with E-state index < -0.39 is 0 Å². The molecule has 2 N–H and O–H groups in total. The number of amides is 1. The van der Waals surface area contributed by atoms with Crippen LogP contribution in [-0.2, 0) is 11.2 Å². The molecule has 0 saturated heterocycles. The molecule has 3 aromatic rings. The van der Waals surface area contributed by atoms with Gasteiger partial charge >= 0.3 is 0 Å². The predicted octanol–water partition coefficient (Wildman–Crippen LogP) is 4.58. The lowest BCUT2D eigenvalue weighted by Gasteiger charge is -2.21. The molecule has 28 heavy (non-hydrogen) atoms. The summed E-state index contributed by atoms with van der Waals surface area (Å²) in [6.07, 6.45) is 0.708. The Morgan fingerprint density at radius 1 is 0.893 bits per heavy atom. The van der Waals surface area contributed by atoms with E-state index in [0.717, 1.165) is 11.1 Å². The van der Waals surface area contributed by atoms with Crippen molar-refractivity contribution in [3.8, 4) is 0 Å². The van der Waals surface area contributed by atoms with Crippen LogP contribution in [0, 0.1) is 5.82 Å². The number of hydrogen-bond acceptors (Lipinski definition) is 2. The molecular formula is C24H25FN2O. The first-order valence-electron chi connectivity index (χ1n) is 9.49. The molecule has 0 aliphatic carbocycles. The molecule has 3 rings (SSSR count). The molecule has 0 aliphatic heterocycles. The number of rotatable bonds is 8. The van der Waals surface area contributed by atoms with E-state index in [0.29, 0.717) is 12.0 Å². The van der Waals surface area contributed by atoms with Gasteiger partial charge < -0.3 is 10.6 Å². The minimum atomic E-state index is -0.269. The summed E-state index contributed by atoms with van der Waals surface area (Å²) in [6, 6.07) is 26.3. The van der Waals surface area contributed by atoms with E-state index in [9.17, 15) is 9.18 Å². The van der Waals surface area contributed by atoms with E-state index in [2.05, 4.69) is 22.8 Å². The smallest absolute Gasteiger partial charge is 0.234 e. The Hall–Kier alpha value is -2.98. The molecule has 0 heterocycles. The van der Waals surface area contributed by atoms with Gasteiger partial charge in [0.2, 0.25) is 5.91 Å². The molecule has 2 atom stereocenters. The predicted molar refractivity (Wildman–Crippen MR) is 110 cm³/mol. The van der Waals surface area contributed by atoms with Crippen LogP contribution in [0.3, 0.4) is 0 Å². The van der Waals surface area contributed by atoms with Crippen LogP contribution in [0.5, 0.6) is 0 Å². The average molecular weight is 376 g/mol. The summed E-state index contributed by atoms with van der Waals surface area (Å²) in [4.78, 5) is 12.6. The Kier molecular flexibility index (Phi) is 6.93. The van der Waals surface area contributed by atoms with Gasteiger partial charge in [-0.05, 0) is 30.5 Å². The van der Waals surface area contributed by atoms with Crippen molar-refractivity contribution in [2.24, 2.45) is 0 Å². The third kappa shape index (κ3) is 5.51. The summed E-state index contributed by atoms with van der Waals surface area (Å²) in [5, 5.41) is 6.22. The van der Waals surface area contributed by atoms with Crippen molar-refractivity contribution in [3.05, 3.63) is 107 Å². The Labute approximate surface area is 165 Å². The summed E-state index contributed by atoms with van der Waals surface area (Å²) < 4.78 is 13.9. The second kappa shape index (κ2) is 9.81. The topological polar surface area (TPSA) is 41.1 Å². The quantitative estimate of drug-likeness (QED) is 0.604. The van der Waals surface area contributed by atoms with Gasteiger partial charge in [-0.1, -0.05) is 78.9 Å². The highest BCUT2D eigenvalue weighted by atomic mass is 19.1. The lowest BCUT2D eigenvalue weighted by atomic mass is 9.99. The van der Waals surface area contributed by atoms with Crippen LogP contribution in [0.4, 0.5) is 4.39 Å². The average Bonchev–Trinajstić information content (AvgIpc) is 2.73. The minimum absolute atomic E-state index is 0.118. The van der Waals surface area contributed by atoms with Crippen LogP contribution in [0.25, 0.3) is 0 Å². The van der Waals surface area contributed by atoms with Gasteiger partial charge in [-0.3, -0.25) is 4.79 Å². The van der Waals surface area contributed by atoms with E-state index in [1.54, 1.807) is 18.2 Å². The molecule has 1 amide bonds. The first kappa shape index (κ1) is 19.8. The van der Waals surface area contributed by atoms with Crippen LogP contribution >= 0.6 is 0 Å². The fourth-order valence-electron chi connectivity index (χ4n) is 3.21. The Morgan fingerprint density at radius 2 is 1.50 bits per heavy atom. The first-order valence-corrected chi connectivity index (χ1v) is 9.49. The molecular weight excluding hydrogens is 351 g/mol. The van der Waals surface area contributed by atoms with Crippen molar-refractivity contribution in [1.29, 1.82) is 0 Å². The van der Waals surface area contributed by atoms with Gasteiger partial charge in [0.25, 0.3) is 0 Å². The zero-order valence-electron chi connectivity index (χ0n) is 15.9. The SMILES string of the molecule is CC(NCC(=O)NC(Cc1ccccc1)c1ccccc1)c1ccccc1F. The van der Waals surface area contributed by atoms with Crippen LogP contribution in [0.15, 0.2) is 84.9 Å². The second-order valence-electron chi connectivity index (χ2n) is 6.84. The third-order valence-corrected chi connectivity index (χ3v) is 4.76. The molecule has 0 spiro atoms. The highest BCUT2D eigenvalue weighted by molar-refractivity contribution is 5.78. The molecule has 0 aliphatic rings. The fourth-order valence-corrected chi connectivity index (χ4v) is 3.21. The van der Waals surface area contributed by atoms with Gasteiger partial charge in [0.1, 0.15) is 5.82 Å². The zero-order valence-corrected chi connectivity index (χ0v) is 15.9. The molecule has 0 bridgehead atoms. The molecule has 4 heteroatoms. The van der Waals surface area contributed by atoms with Gasteiger partial charge in [-0.15, -0.1) is 0 Å². The van der Waals surface area contributed by atoms with E-state index in [4.69, 9.17) is 0 Å². The van der Waals surface area contributed by atoms with Crippen LogP contribution in [-0.4, -0.2) is 12.5 Å². The van der Waals surface area contributed by atoms with Crippen molar-refractivity contribution in [3.63, 3.8) is 0 Å².